The summed E-state index contributed by atoms with van der Waals surface area (Å²) in [7, 11) is -3.68. The lowest BCUT2D eigenvalue weighted by Crippen LogP contribution is -2.41. The molecule has 1 heterocycles. The highest BCUT2D eigenvalue weighted by Gasteiger charge is 2.29. The summed E-state index contributed by atoms with van der Waals surface area (Å²) in [5.41, 5.74) is 7.12. The van der Waals surface area contributed by atoms with Crippen molar-refractivity contribution in [1.82, 2.24) is 14.6 Å². The van der Waals surface area contributed by atoms with Gasteiger partial charge in [0.1, 0.15) is 5.82 Å². The number of sulfonamides is 1. The van der Waals surface area contributed by atoms with Crippen LogP contribution < -0.4 is 10.5 Å². The van der Waals surface area contributed by atoms with Gasteiger partial charge in [0.15, 0.2) is 5.13 Å². The molecule has 33 heavy (non-hydrogen) atoms. The number of aromatic nitrogens is 1. The van der Waals surface area contributed by atoms with Crippen LogP contribution in [0.3, 0.4) is 0 Å². The number of fused-ring (bicyclic) bond motifs is 1. The summed E-state index contributed by atoms with van der Waals surface area (Å²) in [4.78, 5) is 8.48. The van der Waals surface area contributed by atoms with Gasteiger partial charge in [-0.15, -0.1) is 11.3 Å². The molecule has 6 nitrogen and oxygen atoms in total. The fraction of sp³-hybridized carbons (Fsp3) is 0.625. The molecular formula is C24H35FN4O2S2. The van der Waals surface area contributed by atoms with Gasteiger partial charge in [-0.1, -0.05) is 13.0 Å². The van der Waals surface area contributed by atoms with E-state index in [1.54, 1.807) is 11.3 Å². The molecule has 0 radical (unpaired) electrons. The van der Waals surface area contributed by atoms with Crippen molar-refractivity contribution in [3.8, 4) is 0 Å². The van der Waals surface area contributed by atoms with Gasteiger partial charge < -0.3 is 10.6 Å². The number of halogens is 1. The monoisotopic (exact) mass is 494 g/mol. The number of benzene rings is 1. The Bertz CT molecular complexity index is 1030. The van der Waals surface area contributed by atoms with Gasteiger partial charge in [-0.2, -0.15) is 0 Å². The quantitative estimate of drug-likeness (QED) is 0.541. The maximum atomic E-state index is 13.4. The van der Waals surface area contributed by atoms with Gasteiger partial charge >= 0.3 is 0 Å². The molecule has 3 N–H and O–H groups in total. The number of hydrogen-bond donors (Lipinski definition) is 2. The van der Waals surface area contributed by atoms with Crippen molar-refractivity contribution < 1.29 is 12.8 Å². The van der Waals surface area contributed by atoms with Crippen LogP contribution >= 0.6 is 11.3 Å². The fourth-order valence-corrected chi connectivity index (χ4v) is 7.58. The van der Waals surface area contributed by atoms with Gasteiger partial charge in [0.25, 0.3) is 0 Å². The highest BCUT2D eigenvalue weighted by atomic mass is 32.2. The van der Waals surface area contributed by atoms with E-state index in [9.17, 15) is 12.8 Å². The second kappa shape index (κ2) is 10.8. The molecule has 9 heteroatoms. The van der Waals surface area contributed by atoms with Crippen molar-refractivity contribution >= 4 is 26.5 Å². The summed E-state index contributed by atoms with van der Waals surface area (Å²) in [6.45, 7) is 4.44. The first kappa shape index (κ1) is 24.6. The van der Waals surface area contributed by atoms with Crippen LogP contribution in [0.15, 0.2) is 29.2 Å². The lowest BCUT2D eigenvalue weighted by molar-refractivity contribution is 0.158. The first-order chi connectivity index (χ1) is 15.8. The minimum absolute atomic E-state index is 0.00170. The number of hydrogen-bond acceptors (Lipinski definition) is 6. The van der Waals surface area contributed by atoms with Crippen molar-refractivity contribution in [2.75, 3.05) is 18.8 Å². The number of thiazole rings is 1. The second-order valence-corrected chi connectivity index (χ2v) is 12.3. The Morgan fingerprint density at radius 3 is 2.73 bits per heavy atom. The molecular weight excluding hydrogens is 459 g/mol. The predicted molar refractivity (Wildman–Crippen MR) is 131 cm³/mol. The molecule has 0 saturated heterocycles. The summed E-state index contributed by atoms with van der Waals surface area (Å²) >= 11 is 1.64. The van der Waals surface area contributed by atoms with E-state index >= 15 is 0 Å². The number of nitrogens with zero attached hydrogens (tertiary/aromatic N) is 2. The molecule has 1 unspecified atom stereocenters. The van der Waals surface area contributed by atoms with Crippen LogP contribution in [0.2, 0.25) is 0 Å². The predicted octanol–water partition coefficient (Wildman–Crippen LogP) is 4.36. The topological polar surface area (TPSA) is 88.3 Å². The Balaban J connectivity index is 1.26. The summed E-state index contributed by atoms with van der Waals surface area (Å²) < 4.78 is 41.4. The molecule has 2 aromatic rings. The van der Waals surface area contributed by atoms with E-state index in [-0.39, 0.29) is 10.9 Å². The molecule has 4 rings (SSSR count). The van der Waals surface area contributed by atoms with Crippen molar-refractivity contribution in [3.05, 3.63) is 40.7 Å². The van der Waals surface area contributed by atoms with Crippen LogP contribution in [0, 0.1) is 11.7 Å². The van der Waals surface area contributed by atoms with Crippen molar-refractivity contribution in [2.45, 2.75) is 81.7 Å². The van der Waals surface area contributed by atoms with E-state index in [4.69, 9.17) is 5.73 Å². The maximum absolute atomic E-state index is 13.4. The van der Waals surface area contributed by atoms with Gasteiger partial charge in [-0.3, -0.25) is 0 Å². The van der Waals surface area contributed by atoms with Crippen LogP contribution in [0.5, 0.6) is 0 Å². The SMILES string of the molecule is CCCN(CCC1CCC(NS(=O)(=O)c2cccc(F)c2)CC1)C1CCc2nc(N)sc2C1. The van der Waals surface area contributed by atoms with Gasteiger partial charge in [0, 0.05) is 17.0 Å². The molecule has 182 valence electrons. The summed E-state index contributed by atoms with van der Waals surface area (Å²) in [6, 6.07) is 5.69. The van der Waals surface area contributed by atoms with Crippen LogP contribution in [0.25, 0.3) is 0 Å². The number of nitrogen functional groups attached to an aromatic ring is 1. The number of anilines is 1. The van der Waals surface area contributed by atoms with Crippen LogP contribution in [0.1, 0.15) is 62.4 Å². The Labute approximate surface area is 200 Å². The van der Waals surface area contributed by atoms with Crippen molar-refractivity contribution in [2.24, 2.45) is 5.92 Å². The molecule has 0 amide bonds. The molecule has 1 atom stereocenters. The van der Waals surface area contributed by atoms with E-state index in [1.807, 2.05) is 0 Å². The zero-order chi connectivity index (χ0) is 23.4. The lowest BCUT2D eigenvalue weighted by Gasteiger charge is -2.36. The zero-order valence-corrected chi connectivity index (χ0v) is 20.9. The average molecular weight is 495 g/mol. The van der Waals surface area contributed by atoms with E-state index in [1.165, 1.54) is 28.8 Å². The van der Waals surface area contributed by atoms with Crippen LogP contribution in [-0.2, 0) is 22.9 Å². The minimum atomic E-state index is -3.68. The van der Waals surface area contributed by atoms with Crippen LogP contribution in [0.4, 0.5) is 9.52 Å². The summed E-state index contributed by atoms with van der Waals surface area (Å²) in [6.07, 6.45) is 9.22. The smallest absolute Gasteiger partial charge is 0.240 e. The zero-order valence-electron chi connectivity index (χ0n) is 19.3. The second-order valence-electron chi connectivity index (χ2n) is 9.44. The molecule has 1 aromatic carbocycles. The third-order valence-electron chi connectivity index (χ3n) is 7.06. The third-order valence-corrected chi connectivity index (χ3v) is 9.52. The number of rotatable bonds is 9. The number of nitrogens with one attached hydrogen (secondary N) is 1. The van der Waals surface area contributed by atoms with Gasteiger partial charge in [0.05, 0.1) is 10.6 Å². The van der Waals surface area contributed by atoms with Crippen molar-refractivity contribution in [1.29, 1.82) is 0 Å². The van der Waals surface area contributed by atoms with Gasteiger partial charge in [0.2, 0.25) is 10.0 Å². The highest BCUT2D eigenvalue weighted by molar-refractivity contribution is 7.89. The molecule has 2 aliphatic carbocycles. The normalized spacial score (nSPS) is 23.5. The average Bonchev–Trinajstić information content (AvgIpc) is 3.16. The molecule has 1 saturated carbocycles. The number of nitrogens with two attached hydrogens (primary N) is 1. The van der Waals surface area contributed by atoms with E-state index < -0.39 is 15.8 Å². The summed E-state index contributed by atoms with van der Waals surface area (Å²) in [5, 5.41) is 0.687. The Kier molecular flexibility index (Phi) is 8.04. The molecule has 1 fully saturated rings. The third kappa shape index (κ3) is 6.32. The largest absolute Gasteiger partial charge is 0.375 e. The Morgan fingerprint density at radius 2 is 2.00 bits per heavy atom. The standard InChI is InChI=1S/C24H35FN4O2S2/c1-2-13-29(20-10-11-22-23(16-20)32-24(26)27-22)14-12-17-6-8-19(9-7-17)28-33(30,31)21-5-3-4-18(25)15-21/h3-5,15,17,19-20,28H,2,6-14,16H2,1H3,(H2,26,27). The van der Waals surface area contributed by atoms with Gasteiger partial charge in [-0.05, 0) is 95.0 Å². The summed E-state index contributed by atoms with van der Waals surface area (Å²) in [5.74, 6) is 0.0868. The molecule has 0 aliphatic heterocycles. The minimum Gasteiger partial charge on any atom is -0.375 e. The maximum Gasteiger partial charge on any atom is 0.240 e. The lowest BCUT2D eigenvalue weighted by atomic mass is 9.84. The van der Waals surface area contributed by atoms with E-state index in [2.05, 4.69) is 21.5 Å². The van der Waals surface area contributed by atoms with Gasteiger partial charge in [-0.25, -0.2) is 22.5 Å². The Hall–Kier alpha value is -1.55. The molecule has 2 aliphatic rings. The number of aryl methyl sites for hydroxylation is 1. The Morgan fingerprint density at radius 1 is 1.21 bits per heavy atom. The van der Waals surface area contributed by atoms with Crippen molar-refractivity contribution in [3.63, 3.8) is 0 Å². The molecule has 0 bridgehead atoms. The first-order valence-corrected chi connectivity index (χ1v) is 14.4. The first-order valence-electron chi connectivity index (χ1n) is 12.1. The molecule has 0 spiro atoms. The van der Waals surface area contributed by atoms with E-state index in [0.29, 0.717) is 17.1 Å². The van der Waals surface area contributed by atoms with E-state index in [0.717, 1.165) is 76.9 Å². The molecule has 1 aromatic heterocycles. The fourth-order valence-electron chi connectivity index (χ4n) is 5.29. The highest BCUT2D eigenvalue weighted by Crippen LogP contribution is 2.32. The van der Waals surface area contributed by atoms with Crippen LogP contribution in [-0.4, -0.2) is 43.5 Å².